The molecule has 3 amide bonds. The number of nitrogens with one attached hydrogen (secondary N) is 1. The summed E-state index contributed by atoms with van der Waals surface area (Å²) >= 11 is 0. The third-order valence-electron chi connectivity index (χ3n) is 4.76. The maximum Gasteiger partial charge on any atom is 0.263 e. The number of fused-ring (bicyclic) bond motifs is 1. The lowest BCUT2D eigenvalue weighted by atomic mass is 10.1. The number of carbonyl (C=O) groups is 3. The van der Waals surface area contributed by atoms with E-state index in [1.807, 2.05) is 44.2 Å². The maximum atomic E-state index is 12.9. The van der Waals surface area contributed by atoms with Gasteiger partial charge in [0.2, 0.25) is 5.91 Å². The van der Waals surface area contributed by atoms with Crippen molar-refractivity contribution in [2.45, 2.75) is 25.9 Å². The van der Waals surface area contributed by atoms with E-state index in [0.717, 1.165) is 16.0 Å². The minimum Gasteiger partial charge on any atom is -0.324 e. The number of imide groups is 1. The van der Waals surface area contributed by atoms with Crippen molar-refractivity contribution in [2.24, 2.45) is 10.3 Å². The highest BCUT2D eigenvalue weighted by Crippen LogP contribution is 2.31. The predicted octanol–water partition coefficient (Wildman–Crippen LogP) is 2.24. The molecule has 0 spiro atoms. The van der Waals surface area contributed by atoms with E-state index in [0.29, 0.717) is 11.4 Å². The summed E-state index contributed by atoms with van der Waals surface area (Å²) in [7, 11) is 0. The van der Waals surface area contributed by atoms with E-state index < -0.39 is 23.9 Å². The summed E-state index contributed by atoms with van der Waals surface area (Å²) in [5.74, 6) is -1.18. The summed E-state index contributed by atoms with van der Waals surface area (Å²) in [6.45, 7) is 3.69. The lowest BCUT2D eigenvalue weighted by Crippen LogP contribution is -2.43. The number of benzene rings is 2. The molecule has 0 aromatic heterocycles. The largest absolute Gasteiger partial charge is 0.324 e. The van der Waals surface area contributed by atoms with Gasteiger partial charge in [0.25, 0.3) is 11.8 Å². The molecule has 0 radical (unpaired) electrons. The van der Waals surface area contributed by atoms with E-state index >= 15 is 0 Å². The first kappa shape index (κ1) is 17.8. The van der Waals surface area contributed by atoms with Crippen LogP contribution in [0.15, 0.2) is 58.9 Å². The van der Waals surface area contributed by atoms with Gasteiger partial charge >= 0.3 is 0 Å². The number of anilines is 2. The normalized spacial score (nSPS) is 20.6. The van der Waals surface area contributed by atoms with Gasteiger partial charge in [-0.1, -0.05) is 35.1 Å². The van der Waals surface area contributed by atoms with E-state index in [4.69, 9.17) is 0 Å². The molecule has 8 heteroatoms. The monoisotopic (exact) mass is 377 g/mol. The summed E-state index contributed by atoms with van der Waals surface area (Å²) in [6.07, 6.45) is 0. The van der Waals surface area contributed by atoms with Gasteiger partial charge in [0.1, 0.15) is 6.54 Å². The number of aryl methyl sites for hydroxylation is 2. The third kappa shape index (κ3) is 3.13. The smallest absolute Gasteiger partial charge is 0.263 e. The predicted molar refractivity (Wildman–Crippen MR) is 103 cm³/mol. The molecular weight excluding hydrogens is 358 g/mol. The average Bonchev–Trinajstić information content (AvgIpc) is 3.16. The fraction of sp³-hybridized carbons (Fsp3) is 0.250. The molecule has 0 unspecified atom stereocenters. The van der Waals surface area contributed by atoms with Crippen molar-refractivity contribution in [2.75, 3.05) is 16.8 Å². The second-order valence-electron chi connectivity index (χ2n) is 6.96. The van der Waals surface area contributed by atoms with Gasteiger partial charge < -0.3 is 5.32 Å². The Balaban J connectivity index is 1.48. The summed E-state index contributed by atoms with van der Waals surface area (Å²) in [4.78, 5) is 39.1. The molecule has 1 saturated heterocycles. The highest BCUT2D eigenvalue weighted by Gasteiger charge is 2.55. The Bertz CT molecular complexity index is 986. The van der Waals surface area contributed by atoms with E-state index in [1.54, 1.807) is 18.2 Å². The standard InChI is InChI=1S/C20H19N5O3/c1-12-6-8-15(9-7-12)25-19(27)17-18(20(25)28)24(23-22-17)11-16(26)21-14-5-3-4-13(2)10-14/h3-10,17-18H,11H2,1-2H3,(H,21,26)/t17-,18+/m1/s1. The number of rotatable bonds is 4. The molecule has 2 aromatic rings. The average molecular weight is 377 g/mol. The Hall–Kier alpha value is -3.55. The summed E-state index contributed by atoms with van der Waals surface area (Å²) < 4.78 is 0. The second kappa shape index (κ2) is 6.88. The van der Waals surface area contributed by atoms with Crippen LogP contribution in [0.3, 0.4) is 0 Å². The number of carbonyl (C=O) groups excluding carboxylic acids is 3. The third-order valence-corrected chi connectivity index (χ3v) is 4.76. The van der Waals surface area contributed by atoms with Crippen molar-refractivity contribution >= 4 is 29.1 Å². The minimum atomic E-state index is -0.916. The van der Waals surface area contributed by atoms with Crippen molar-refractivity contribution in [1.29, 1.82) is 0 Å². The van der Waals surface area contributed by atoms with Gasteiger partial charge in [-0.2, -0.15) is 5.11 Å². The molecule has 1 N–H and O–H groups in total. The Morgan fingerprint density at radius 3 is 2.50 bits per heavy atom. The van der Waals surface area contributed by atoms with Crippen LogP contribution in [-0.2, 0) is 14.4 Å². The summed E-state index contributed by atoms with van der Waals surface area (Å²) in [5, 5.41) is 11.9. The first-order valence-corrected chi connectivity index (χ1v) is 8.92. The first-order valence-electron chi connectivity index (χ1n) is 8.92. The topological polar surface area (TPSA) is 94.4 Å². The minimum absolute atomic E-state index is 0.167. The molecule has 0 saturated carbocycles. The van der Waals surface area contributed by atoms with Crippen LogP contribution in [0.2, 0.25) is 0 Å². The lowest BCUT2D eigenvalue weighted by Gasteiger charge is -2.20. The van der Waals surface area contributed by atoms with E-state index in [1.165, 1.54) is 5.01 Å². The van der Waals surface area contributed by atoms with Crippen molar-refractivity contribution < 1.29 is 14.4 Å². The lowest BCUT2D eigenvalue weighted by molar-refractivity contribution is -0.123. The van der Waals surface area contributed by atoms with Crippen LogP contribution in [-0.4, -0.2) is 41.4 Å². The van der Waals surface area contributed by atoms with Gasteiger partial charge in [-0.25, -0.2) is 4.90 Å². The highest BCUT2D eigenvalue weighted by atomic mass is 16.2. The SMILES string of the molecule is Cc1ccc(N2C(=O)[C@@H]3[C@@H](N=NN3CC(=O)Nc3cccc(C)c3)C2=O)cc1. The van der Waals surface area contributed by atoms with Crippen molar-refractivity contribution in [1.82, 2.24) is 5.01 Å². The van der Waals surface area contributed by atoms with Crippen LogP contribution in [0.1, 0.15) is 11.1 Å². The Labute approximate surface area is 161 Å². The summed E-state index contributed by atoms with van der Waals surface area (Å²) in [6, 6.07) is 12.7. The molecule has 0 aliphatic carbocycles. The van der Waals surface area contributed by atoms with Gasteiger partial charge in [0.15, 0.2) is 12.1 Å². The highest BCUT2D eigenvalue weighted by molar-refractivity contribution is 6.25. The van der Waals surface area contributed by atoms with E-state index in [2.05, 4.69) is 15.7 Å². The molecular formula is C20H19N5O3. The van der Waals surface area contributed by atoms with Gasteiger partial charge in [0, 0.05) is 5.69 Å². The molecule has 0 bridgehead atoms. The number of nitrogens with zero attached hydrogens (tertiary/aromatic N) is 4. The Morgan fingerprint density at radius 1 is 1.04 bits per heavy atom. The van der Waals surface area contributed by atoms with Gasteiger partial charge in [-0.3, -0.25) is 19.4 Å². The molecule has 2 aromatic carbocycles. The molecule has 4 rings (SSSR count). The second-order valence-corrected chi connectivity index (χ2v) is 6.96. The molecule has 2 aliphatic rings. The van der Waals surface area contributed by atoms with Crippen LogP contribution in [0.4, 0.5) is 11.4 Å². The quantitative estimate of drug-likeness (QED) is 0.827. The fourth-order valence-electron chi connectivity index (χ4n) is 3.37. The van der Waals surface area contributed by atoms with E-state index in [-0.39, 0.29) is 12.5 Å². The molecule has 142 valence electrons. The molecule has 2 aliphatic heterocycles. The Morgan fingerprint density at radius 2 is 1.79 bits per heavy atom. The maximum absolute atomic E-state index is 12.9. The molecule has 1 fully saturated rings. The van der Waals surface area contributed by atoms with E-state index in [9.17, 15) is 14.4 Å². The van der Waals surface area contributed by atoms with Crippen LogP contribution < -0.4 is 10.2 Å². The number of amides is 3. The zero-order chi connectivity index (χ0) is 19.8. The van der Waals surface area contributed by atoms with Crippen LogP contribution >= 0.6 is 0 Å². The van der Waals surface area contributed by atoms with Gasteiger partial charge in [-0.05, 0) is 43.7 Å². The first-order chi connectivity index (χ1) is 13.4. The van der Waals surface area contributed by atoms with Gasteiger partial charge in [0.05, 0.1) is 5.69 Å². The number of hydrogen-bond acceptors (Lipinski definition) is 6. The van der Waals surface area contributed by atoms with Crippen molar-refractivity contribution in [3.8, 4) is 0 Å². The zero-order valence-corrected chi connectivity index (χ0v) is 15.5. The fourth-order valence-corrected chi connectivity index (χ4v) is 3.37. The Kier molecular flexibility index (Phi) is 4.38. The van der Waals surface area contributed by atoms with Crippen LogP contribution in [0, 0.1) is 13.8 Å². The zero-order valence-electron chi connectivity index (χ0n) is 15.5. The van der Waals surface area contributed by atoms with Crippen LogP contribution in [0.5, 0.6) is 0 Å². The molecule has 2 atom stereocenters. The molecule has 28 heavy (non-hydrogen) atoms. The molecule has 8 nitrogen and oxygen atoms in total. The van der Waals surface area contributed by atoms with Crippen molar-refractivity contribution in [3.63, 3.8) is 0 Å². The van der Waals surface area contributed by atoms with Gasteiger partial charge in [-0.15, -0.1) is 0 Å². The number of hydrogen-bond donors (Lipinski definition) is 1. The van der Waals surface area contributed by atoms with Crippen LogP contribution in [0.25, 0.3) is 0 Å². The molecule has 2 heterocycles. The van der Waals surface area contributed by atoms with Crippen molar-refractivity contribution in [3.05, 3.63) is 59.7 Å². The summed E-state index contributed by atoms with van der Waals surface area (Å²) in [5.41, 5.74) is 3.20.